The van der Waals surface area contributed by atoms with Crippen molar-refractivity contribution in [2.45, 2.75) is 0 Å². The zero-order chi connectivity index (χ0) is 33.0. The molecule has 0 aliphatic rings. The number of hydrogen-bond acceptors (Lipinski definition) is 2. The highest BCUT2D eigenvalue weighted by Gasteiger charge is 2.21. The monoisotopic (exact) mass is 638 g/mol. The molecule has 0 fully saturated rings. The molecule has 0 unspecified atom stereocenters. The van der Waals surface area contributed by atoms with Gasteiger partial charge in [0.2, 0.25) is 0 Å². The summed E-state index contributed by atoms with van der Waals surface area (Å²) in [4.78, 5) is 10.3. The lowest BCUT2D eigenvalue weighted by Crippen LogP contribution is -2.00. The first kappa shape index (κ1) is 28.3. The van der Waals surface area contributed by atoms with E-state index in [-0.39, 0.29) is 0 Å². The predicted molar refractivity (Wildman–Crippen MR) is 207 cm³/mol. The molecule has 0 saturated carbocycles. The summed E-state index contributed by atoms with van der Waals surface area (Å²) < 4.78 is 4.85. The number of nitrogens with zero attached hydrogens (tertiary/aromatic N) is 4. The van der Waals surface area contributed by atoms with Gasteiger partial charge in [0, 0.05) is 49.6 Å². The molecule has 0 radical (unpaired) electrons. The normalized spacial score (nSPS) is 11.6. The number of para-hydroxylation sites is 3. The molecule has 0 bridgehead atoms. The van der Waals surface area contributed by atoms with Gasteiger partial charge in [-0.3, -0.25) is 0 Å². The molecule has 234 valence electrons. The van der Waals surface area contributed by atoms with Crippen LogP contribution in [0.25, 0.3) is 88.9 Å². The molecule has 0 N–H and O–H groups in total. The van der Waals surface area contributed by atoms with E-state index in [9.17, 15) is 0 Å². The van der Waals surface area contributed by atoms with Crippen LogP contribution in [0.3, 0.4) is 0 Å². The van der Waals surface area contributed by atoms with E-state index in [2.05, 4.69) is 179 Å². The van der Waals surface area contributed by atoms with E-state index in [0.717, 1.165) is 45.0 Å². The summed E-state index contributed by atoms with van der Waals surface area (Å²) in [5.74, 6) is 0.691. The van der Waals surface area contributed by atoms with Gasteiger partial charge in [-0.05, 0) is 42.5 Å². The molecule has 10 aromatic rings. The fraction of sp³-hybridized carbons (Fsp3) is 0. The highest BCUT2D eigenvalue weighted by molar-refractivity contribution is 6.23. The first-order valence-electron chi connectivity index (χ1n) is 16.9. The maximum absolute atomic E-state index is 5.15. The first-order chi connectivity index (χ1) is 24.8. The lowest BCUT2D eigenvalue weighted by Gasteiger charge is -2.14. The van der Waals surface area contributed by atoms with E-state index in [1.165, 1.54) is 38.1 Å². The molecule has 4 heteroatoms. The third-order valence-corrected chi connectivity index (χ3v) is 9.71. The second-order valence-electron chi connectivity index (χ2n) is 12.6. The SMILES string of the molecule is c1ccc(-c2cc(-c3ccccc3)nc(-c3cccc(-n4c5ccccc5c5ccc6c7ccccc7n(-c7ccccc7)c6c54)c3)n2)cc1. The van der Waals surface area contributed by atoms with Crippen molar-refractivity contribution < 1.29 is 0 Å². The molecule has 50 heavy (non-hydrogen) atoms. The molecular formula is C46H30N4. The molecule has 3 aromatic heterocycles. The van der Waals surface area contributed by atoms with Gasteiger partial charge in [-0.2, -0.15) is 0 Å². The Morgan fingerprint density at radius 3 is 1.32 bits per heavy atom. The van der Waals surface area contributed by atoms with Gasteiger partial charge in [0.05, 0.1) is 33.5 Å². The number of fused-ring (bicyclic) bond motifs is 7. The Kier molecular flexibility index (Phi) is 6.46. The van der Waals surface area contributed by atoms with Crippen molar-refractivity contribution in [3.63, 3.8) is 0 Å². The second kappa shape index (κ2) is 11.4. The minimum Gasteiger partial charge on any atom is -0.307 e. The summed E-state index contributed by atoms with van der Waals surface area (Å²) in [6.07, 6.45) is 0. The van der Waals surface area contributed by atoms with Gasteiger partial charge >= 0.3 is 0 Å². The van der Waals surface area contributed by atoms with Crippen LogP contribution in [0.2, 0.25) is 0 Å². The quantitative estimate of drug-likeness (QED) is 0.188. The second-order valence-corrected chi connectivity index (χ2v) is 12.6. The molecule has 4 nitrogen and oxygen atoms in total. The van der Waals surface area contributed by atoms with E-state index in [1.807, 2.05) is 12.1 Å². The van der Waals surface area contributed by atoms with Gasteiger partial charge in [-0.15, -0.1) is 0 Å². The Labute approximate surface area is 289 Å². The highest BCUT2D eigenvalue weighted by Crippen LogP contribution is 2.42. The zero-order valence-corrected chi connectivity index (χ0v) is 27.1. The average molecular weight is 639 g/mol. The van der Waals surface area contributed by atoms with Crippen LogP contribution < -0.4 is 0 Å². The van der Waals surface area contributed by atoms with Gasteiger partial charge in [0.15, 0.2) is 5.82 Å². The molecule has 0 saturated heterocycles. The van der Waals surface area contributed by atoms with Gasteiger partial charge in [-0.25, -0.2) is 9.97 Å². The molecule has 0 aliphatic heterocycles. The largest absolute Gasteiger partial charge is 0.307 e. The molecule has 0 atom stereocenters. The number of benzene rings is 7. The Bertz CT molecular complexity index is 2790. The standard InChI is InChI=1S/C46H30N4/c1-4-15-31(16-5-1)40-30-41(32-17-6-2-7-18-32)48-46(47-40)33-19-14-22-35(29-33)50-43-26-13-11-24-37(43)39-28-27-38-36-23-10-12-25-42(36)49(44(38)45(39)50)34-20-8-3-9-21-34/h1-30H. The number of hydrogen-bond donors (Lipinski definition) is 0. The van der Waals surface area contributed by atoms with Crippen molar-refractivity contribution in [3.8, 4) is 45.3 Å². The summed E-state index contributed by atoms with van der Waals surface area (Å²) in [6, 6.07) is 64.2. The van der Waals surface area contributed by atoms with E-state index in [0.29, 0.717) is 5.82 Å². The lowest BCUT2D eigenvalue weighted by molar-refractivity contribution is 1.14. The Hall–Kier alpha value is -6.78. The molecule has 3 heterocycles. The van der Waals surface area contributed by atoms with Crippen LogP contribution >= 0.6 is 0 Å². The van der Waals surface area contributed by atoms with Gasteiger partial charge in [0.1, 0.15) is 0 Å². The third kappa shape index (κ3) is 4.46. The fourth-order valence-electron chi connectivity index (χ4n) is 7.49. The summed E-state index contributed by atoms with van der Waals surface area (Å²) in [5, 5.41) is 4.89. The van der Waals surface area contributed by atoms with Crippen molar-refractivity contribution in [1.29, 1.82) is 0 Å². The molecule has 0 aliphatic carbocycles. The van der Waals surface area contributed by atoms with Crippen LogP contribution in [-0.4, -0.2) is 19.1 Å². The Morgan fingerprint density at radius 2 is 0.760 bits per heavy atom. The molecule has 0 spiro atoms. The predicted octanol–water partition coefficient (Wildman–Crippen LogP) is 11.7. The van der Waals surface area contributed by atoms with Crippen LogP contribution in [0, 0.1) is 0 Å². The highest BCUT2D eigenvalue weighted by atomic mass is 15.0. The Balaban J connectivity index is 1.27. The van der Waals surface area contributed by atoms with Crippen LogP contribution in [0.5, 0.6) is 0 Å². The minimum absolute atomic E-state index is 0.691. The van der Waals surface area contributed by atoms with Crippen molar-refractivity contribution in [2.24, 2.45) is 0 Å². The van der Waals surface area contributed by atoms with Crippen LogP contribution in [0.1, 0.15) is 0 Å². The smallest absolute Gasteiger partial charge is 0.160 e. The average Bonchev–Trinajstić information content (AvgIpc) is 3.72. The van der Waals surface area contributed by atoms with Crippen molar-refractivity contribution in [2.75, 3.05) is 0 Å². The molecule has 10 rings (SSSR count). The minimum atomic E-state index is 0.691. The molecule has 0 amide bonds. The van der Waals surface area contributed by atoms with Gasteiger partial charge in [-0.1, -0.05) is 140 Å². The maximum Gasteiger partial charge on any atom is 0.160 e. The fourth-order valence-corrected chi connectivity index (χ4v) is 7.49. The number of aromatic nitrogens is 4. The van der Waals surface area contributed by atoms with E-state index < -0.39 is 0 Å². The molecule has 7 aromatic carbocycles. The van der Waals surface area contributed by atoms with E-state index in [4.69, 9.17) is 9.97 Å². The third-order valence-electron chi connectivity index (χ3n) is 9.71. The first-order valence-corrected chi connectivity index (χ1v) is 16.9. The topological polar surface area (TPSA) is 35.6 Å². The summed E-state index contributed by atoms with van der Waals surface area (Å²) in [6.45, 7) is 0. The van der Waals surface area contributed by atoms with Gasteiger partial charge in [0.25, 0.3) is 0 Å². The summed E-state index contributed by atoms with van der Waals surface area (Å²) >= 11 is 0. The van der Waals surface area contributed by atoms with Crippen molar-refractivity contribution in [3.05, 3.63) is 182 Å². The van der Waals surface area contributed by atoms with Gasteiger partial charge < -0.3 is 9.13 Å². The summed E-state index contributed by atoms with van der Waals surface area (Å²) in [5.41, 5.74) is 11.8. The van der Waals surface area contributed by atoms with Crippen LogP contribution in [0.15, 0.2) is 182 Å². The van der Waals surface area contributed by atoms with E-state index in [1.54, 1.807) is 0 Å². The van der Waals surface area contributed by atoms with Crippen LogP contribution in [0.4, 0.5) is 0 Å². The summed E-state index contributed by atoms with van der Waals surface area (Å²) in [7, 11) is 0. The van der Waals surface area contributed by atoms with E-state index >= 15 is 0 Å². The maximum atomic E-state index is 5.15. The lowest BCUT2D eigenvalue weighted by atomic mass is 10.1. The number of rotatable bonds is 5. The molecular weight excluding hydrogens is 609 g/mol. The van der Waals surface area contributed by atoms with Crippen molar-refractivity contribution >= 4 is 43.6 Å². The zero-order valence-electron chi connectivity index (χ0n) is 27.1. The van der Waals surface area contributed by atoms with Crippen LogP contribution in [-0.2, 0) is 0 Å². The van der Waals surface area contributed by atoms with Crippen molar-refractivity contribution in [1.82, 2.24) is 19.1 Å². The Morgan fingerprint density at radius 1 is 0.320 bits per heavy atom.